The SMILES string of the molecule is Cc1ccccc1-c1ccccc1C(c1ccccc1-c1ccccc1C)c1cccc(-c2ccc(-c3nc(-c4ccccc4)nc(-c4cc5ccccc5c5ccccc45)n3)cc2)c1-c1ccccc1C. The van der Waals surface area contributed by atoms with Crippen molar-refractivity contribution in [3.63, 3.8) is 0 Å². The third-order valence-electron chi connectivity index (χ3n) is 14.4. The van der Waals surface area contributed by atoms with Crippen molar-refractivity contribution in [3.05, 3.63) is 282 Å². The molecule has 0 amide bonds. The Labute approximate surface area is 421 Å². The van der Waals surface area contributed by atoms with Gasteiger partial charge in [0, 0.05) is 22.6 Å². The molecule has 0 N–H and O–H groups in total. The van der Waals surface area contributed by atoms with Gasteiger partial charge in [0.05, 0.1) is 0 Å². The first-order chi connectivity index (χ1) is 35.5. The molecule has 12 aromatic rings. The van der Waals surface area contributed by atoms with Gasteiger partial charge in [-0.05, 0) is 126 Å². The minimum absolute atomic E-state index is 0.142. The second-order valence-electron chi connectivity index (χ2n) is 18.8. The molecule has 0 atom stereocenters. The minimum atomic E-state index is -0.142. The summed E-state index contributed by atoms with van der Waals surface area (Å²) < 4.78 is 0. The van der Waals surface area contributed by atoms with E-state index in [1.165, 1.54) is 77.5 Å². The van der Waals surface area contributed by atoms with Crippen LogP contribution in [0.1, 0.15) is 39.3 Å². The number of rotatable bonds is 10. The van der Waals surface area contributed by atoms with Crippen LogP contribution in [0.15, 0.2) is 249 Å². The molecule has 0 saturated heterocycles. The smallest absolute Gasteiger partial charge is 0.164 e. The molecular weight excluding hydrogens is 871 g/mol. The molecule has 0 aliphatic heterocycles. The molecule has 72 heavy (non-hydrogen) atoms. The van der Waals surface area contributed by atoms with Crippen LogP contribution in [0.3, 0.4) is 0 Å². The van der Waals surface area contributed by atoms with Crippen LogP contribution in [0.2, 0.25) is 0 Å². The Balaban J connectivity index is 1.06. The van der Waals surface area contributed by atoms with Crippen LogP contribution in [0, 0.1) is 20.8 Å². The number of benzene rings is 11. The highest BCUT2D eigenvalue weighted by molar-refractivity contribution is 6.13. The summed E-state index contributed by atoms with van der Waals surface area (Å²) >= 11 is 0. The summed E-state index contributed by atoms with van der Waals surface area (Å²) in [6, 6.07) is 89.7. The van der Waals surface area contributed by atoms with Gasteiger partial charge in [-0.2, -0.15) is 0 Å². The number of nitrogens with zero attached hydrogens (tertiary/aromatic N) is 3. The zero-order chi connectivity index (χ0) is 48.5. The molecule has 0 radical (unpaired) electrons. The number of hydrogen-bond acceptors (Lipinski definition) is 3. The highest BCUT2D eigenvalue weighted by Gasteiger charge is 2.29. The summed E-state index contributed by atoms with van der Waals surface area (Å²) in [5.74, 6) is 1.75. The number of hydrogen-bond donors (Lipinski definition) is 0. The molecule has 342 valence electrons. The van der Waals surface area contributed by atoms with Crippen LogP contribution in [0.5, 0.6) is 0 Å². The maximum Gasteiger partial charge on any atom is 0.164 e. The van der Waals surface area contributed by atoms with E-state index in [0.717, 1.165) is 38.6 Å². The van der Waals surface area contributed by atoms with Gasteiger partial charge in [0.15, 0.2) is 17.5 Å². The standard InChI is InChI=1S/C69H51N3/c1-45-22-7-11-28-52(45)57-32-17-19-36-61(57)66(62-37-20-18-33-58(62)53-29-12-8-23-46(53)2)63-39-21-38-56(65(63)54-30-13-9-24-47(54)3)48-40-42-50(43-41-48)68-70-67(49-25-5-4-6-26-49)71-69(72-68)64-44-51-27-10-14-31-55(51)59-34-15-16-35-60(59)64/h4-44,66H,1-3H3. The van der Waals surface area contributed by atoms with E-state index in [2.05, 4.69) is 251 Å². The van der Waals surface area contributed by atoms with Crippen molar-refractivity contribution in [2.75, 3.05) is 0 Å². The van der Waals surface area contributed by atoms with Gasteiger partial charge in [-0.25, -0.2) is 15.0 Å². The largest absolute Gasteiger partial charge is 0.208 e. The fourth-order valence-corrected chi connectivity index (χ4v) is 10.8. The Bertz CT molecular complexity index is 3880. The zero-order valence-corrected chi connectivity index (χ0v) is 40.6. The molecule has 1 heterocycles. The highest BCUT2D eigenvalue weighted by atomic mass is 15.0. The third kappa shape index (κ3) is 8.15. The molecule has 3 nitrogen and oxygen atoms in total. The predicted octanol–water partition coefficient (Wildman–Crippen LogP) is 18.0. The number of fused-ring (bicyclic) bond motifs is 3. The summed E-state index contributed by atoms with van der Waals surface area (Å²) in [6.45, 7) is 6.67. The Hall–Kier alpha value is -9.05. The molecule has 11 aromatic carbocycles. The lowest BCUT2D eigenvalue weighted by molar-refractivity contribution is 0.983. The van der Waals surface area contributed by atoms with Crippen molar-refractivity contribution in [1.29, 1.82) is 0 Å². The van der Waals surface area contributed by atoms with E-state index in [4.69, 9.17) is 15.0 Å². The van der Waals surface area contributed by atoms with Gasteiger partial charge in [-0.3, -0.25) is 0 Å². The van der Waals surface area contributed by atoms with Gasteiger partial charge in [0.1, 0.15) is 0 Å². The van der Waals surface area contributed by atoms with Gasteiger partial charge in [0.25, 0.3) is 0 Å². The molecule has 0 fully saturated rings. The van der Waals surface area contributed by atoms with E-state index < -0.39 is 0 Å². The van der Waals surface area contributed by atoms with Crippen LogP contribution >= 0.6 is 0 Å². The van der Waals surface area contributed by atoms with Gasteiger partial charge in [0.2, 0.25) is 0 Å². The van der Waals surface area contributed by atoms with E-state index >= 15 is 0 Å². The van der Waals surface area contributed by atoms with Crippen molar-refractivity contribution >= 4 is 21.5 Å². The van der Waals surface area contributed by atoms with Crippen molar-refractivity contribution in [3.8, 4) is 78.7 Å². The van der Waals surface area contributed by atoms with Gasteiger partial charge in [-0.1, -0.05) is 243 Å². The topological polar surface area (TPSA) is 38.7 Å². The van der Waals surface area contributed by atoms with Crippen molar-refractivity contribution in [2.24, 2.45) is 0 Å². The predicted molar refractivity (Wildman–Crippen MR) is 301 cm³/mol. The lowest BCUT2D eigenvalue weighted by atomic mass is 9.74. The van der Waals surface area contributed by atoms with Gasteiger partial charge in [-0.15, -0.1) is 0 Å². The lowest BCUT2D eigenvalue weighted by Gasteiger charge is -2.29. The maximum atomic E-state index is 5.30. The van der Waals surface area contributed by atoms with Crippen molar-refractivity contribution in [1.82, 2.24) is 15.0 Å². The van der Waals surface area contributed by atoms with Crippen LogP contribution in [-0.2, 0) is 0 Å². The van der Waals surface area contributed by atoms with E-state index in [-0.39, 0.29) is 5.92 Å². The first kappa shape index (κ1) is 44.2. The molecule has 3 heteroatoms. The Kier molecular flexibility index (Phi) is 11.7. The Morgan fingerprint density at radius 3 is 1.28 bits per heavy atom. The second-order valence-corrected chi connectivity index (χ2v) is 18.8. The van der Waals surface area contributed by atoms with E-state index in [1.54, 1.807) is 0 Å². The number of aryl methyl sites for hydroxylation is 3. The molecule has 0 aliphatic carbocycles. The zero-order valence-electron chi connectivity index (χ0n) is 40.6. The minimum Gasteiger partial charge on any atom is -0.208 e. The van der Waals surface area contributed by atoms with Crippen molar-refractivity contribution < 1.29 is 0 Å². The molecule has 1 aromatic heterocycles. The van der Waals surface area contributed by atoms with Crippen LogP contribution in [0.4, 0.5) is 0 Å². The Morgan fingerprint density at radius 1 is 0.264 bits per heavy atom. The van der Waals surface area contributed by atoms with Crippen LogP contribution in [0.25, 0.3) is 100 Å². The fraction of sp³-hybridized carbons (Fsp3) is 0.0580. The first-order valence-corrected chi connectivity index (χ1v) is 24.8. The van der Waals surface area contributed by atoms with E-state index in [0.29, 0.717) is 17.5 Å². The van der Waals surface area contributed by atoms with Crippen LogP contribution < -0.4 is 0 Å². The lowest BCUT2D eigenvalue weighted by Crippen LogP contribution is -2.10. The summed E-state index contributed by atoms with van der Waals surface area (Å²) in [6.07, 6.45) is 0. The quantitative estimate of drug-likeness (QED) is 0.101. The third-order valence-corrected chi connectivity index (χ3v) is 14.4. The molecule has 12 rings (SSSR count). The number of aromatic nitrogens is 3. The maximum absolute atomic E-state index is 5.30. The van der Waals surface area contributed by atoms with E-state index in [1.807, 2.05) is 18.2 Å². The second kappa shape index (κ2) is 19.0. The molecule has 0 aliphatic rings. The monoisotopic (exact) mass is 921 g/mol. The summed E-state index contributed by atoms with van der Waals surface area (Å²) in [4.78, 5) is 15.7. The molecule has 0 bridgehead atoms. The normalized spacial score (nSPS) is 11.4. The molecule has 0 unspecified atom stereocenters. The van der Waals surface area contributed by atoms with Gasteiger partial charge < -0.3 is 0 Å². The van der Waals surface area contributed by atoms with Gasteiger partial charge >= 0.3 is 0 Å². The van der Waals surface area contributed by atoms with E-state index in [9.17, 15) is 0 Å². The highest BCUT2D eigenvalue weighted by Crippen LogP contribution is 2.49. The average molecular weight is 922 g/mol. The average Bonchev–Trinajstić information content (AvgIpc) is 3.44. The van der Waals surface area contributed by atoms with Crippen LogP contribution in [-0.4, -0.2) is 15.0 Å². The fourth-order valence-electron chi connectivity index (χ4n) is 10.8. The summed E-state index contributed by atoms with van der Waals surface area (Å²) in [5.41, 5.74) is 19.9. The Morgan fingerprint density at radius 2 is 0.681 bits per heavy atom. The summed E-state index contributed by atoms with van der Waals surface area (Å²) in [7, 11) is 0. The molecule has 0 spiro atoms. The van der Waals surface area contributed by atoms with Crippen molar-refractivity contribution in [2.45, 2.75) is 26.7 Å². The summed E-state index contributed by atoms with van der Waals surface area (Å²) in [5, 5.41) is 4.62. The molecular formula is C69H51N3. The molecule has 0 saturated carbocycles. The first-order valence-electron chi connectivity index (χ1n) is 24.8.